The largest absolute Gasteiger partial charge is 0.481 e. The van der Waals surface area contributed by atoms with E-state index in [1.165, 1.54) is 16.0 Å². The molecule has 0 aliphatic carbocycles. The number of hydrogen-bond acceptors (Lipinski definition) is 3. The molecule has 0 saturated carbocycles. The number of fused-ring (bicyclic) bond motifs is 1. The summed E-state index contributed by atoms with van der Waals surface area (Å²) in [5, 5.41) is 11.0. The van der Waals surface area contributed by atoms with Crippen LogP contribution in [0.5, 0.6) is 0 Å². The van der Waals surface area contributed by atoms with Crippen LogP contribution >= 0.6 is 11.3 Å². The predicted octanol–water partition coefficient (Wildman–Crippen LogP) is 0.566. The van der Waals surface area contributed by atoms with Crippen molar-refractivity contribution in [3.8, 4) is 0 Å². The SMILES string of the molecule is Cn1c(=O)c2c(CC(=O)O)csc2n1C. The summed E-state index contributed by atoms with van der Waals surface area (Å²) in [6.07, 6.45) is -0.0980. The summed E-state index contributed by atoms with van der Waals surface area (Å²) in [4.78, 5) is 23.2. The van der Waals surface area contributed by atoms with E-state index in [0.717, 1.165) is 4.83 Å². The molecule has 0 saturated heterocycles. The maximum Gasteiger partial charge on any atom is 0.307 e. The molecule has 0 spiro atoms. The van der Waals surface area contributed by atoms with E-state index in [2.05, 4.69) is 0 Å². The third-order valence-corrected chi connectivity index (χ3v) is 3.54. The van der Waals surface area contributed by atoms with Crippen LogP contribution < -0.4 is 5.56 Å². The van der Waals surface area contributed by atoms with Crippen LogP contribution in [0.4, 0.5) is 0 Å². The van der Waals surface area contributed by atoms with Crippen molar-refractivity contribution in [2.45, 2.75) is 6.42 Å². The van der Waals surface area contributed by atoms with Crippen molar-refractivity contribution in [3.05, 3.63) is 21.3 Å². The highest BCUT2D eigenvalue weighted by molar-refractivity contribution is 7.17. The smallest absolute Gasteiger partial charge is 0.307 e. The molecule has 80 valence electrons. The van der Waals surface area contributed by atoms with Gasteiger partial charge in [0.05, 0.1) is 11.8 Å². The highest BCUT2D eigenvalue weighted by atomic mass is 32.1. The summed E-state index contributed by atoms with van der Waals surface area (Å²) in [5.41, 5.74) is 0.466. The zero-order valence-corrected chi connectivity index (χ0v) is 9.17. The Hall–Kier alpha value is -1.56. The molecule has 0 amide bonds. The van der Waals surface area contributed by atoms with Gasteiger partial charge in [-0.05, 0) is 10.9 Å². The minimum absolute atomic E-state index is 0.0980. The molecule has 2 aromatic heterocycles. The van der Waals surface area contributed by atoms with Crippen LogP contribution in [-0.2, 0) is 25.3 Å². The Bertz CT molecular complexity index is 590. The molecule has 1 N–H and O–H groups in total. The van der Waals surface area contributed by atoms with Gasteiger partial charge in [-0.25, -0.2) is 0 Å². The van der Waals surface area contributed by atoms with Crippen molar-refractivity contribution in [3.63, 3.8) is 0 Å². The Morgan fingerprint density at radius 1 is 1.47 bits per heavy atom. The lowest BCUT2D eigenvalue weighted by Gasteiger charge is -1.96. The van der Waals surface area contributed by atoms with E-state index < -0.39 is 5.97 Å². The van der Waals surface area contributed by atoms with Crippen molar-refractivity contribution in [1.29, 1.82) is 0 Å². The number of thiophene rings is 1. The molecule has 0 aliphatic rings. The summed E-state index contributed by atoms with van der Waals surface area (Å²) in [7, 11) is 3.45. The third-order valence-electron chi connectivity index (χ3n) is 2.44. The summed E-state index contributed by atoms with van der Waals surface area (Å²) in [6, 6.07) is 0. The second-order valence-corrected chi connectivity index (χ2v) is 4.22. The molecule has 0 atom stereocenters. The van der Waals surface area contributed by atoms with E-state index in [1.807, 2.05) is 0 Å². The van der Waals surface area contributed by atoms with E-state index in [0.29, 0.717) is 10.9 Å². The van der Waals surface area contributed by atoms with E-state index in [9.17, 15) is 9.59 Å². The predicted molar refractivity (Wildman–Crippen MR) is 57.4 cm³/mol. The molecular weight excluding hydrogens is 216 g/mol. The molecule has 0 aromatic carbocycles. The maximum absolute atomic E-state index is 11.8. The number of carbonyl (C=O) groups is 1. The fourth-order valence-electron chi connectivity index (χ4n) is 1.58. The topological polar surface area (TPSA) is 64.2 Å². The molecule has 6 heteroatoms. The van der Waals surface area contributed by atoms with E-state index in [-0.39, 0.29) is 12.0 Å². The van der Waals surface area contributed by atoms with Gasteiger partial charge in [0.1, 0.15) is 4.83 Å². The first kappa shape index (κ1) is 9.97. The van der Waals surface area contributed by atoms with Crippen molar-refractivity contribution in [2.24, 2.45) is 14.1 Å². The number of hydrogen-bond donors (Lipinski definition) is 1. The summed E-state index contributed by atoms with van der Waals surface area (Å²) in [6.45, 7) is 0. The molecular formula is C9H10N2O3S. The lowest BCUT2D eigenvalue weighted by atomic mass is 10.2. The fourth-order valence-corrected chi connectivity index (χ4v) is 2.64. The maximum atomic E-state index is 11.8. The lowest BCUT2D eigenvalue weighted by Crippen LogP contribution is -2.17. The highest BCUT2D eigenvalue weighted by Gasteiger charge is 2.16. The van der Waals surface area contributed by atoms with Gasteiger partial charge in [-0.15, -0.1) is 11.3 Å². The normalized spacial score (nSPS) is 11.1. The van der Waals surface area contributed by atoms with Crippen molar-refractivity contribution in [2.75, 3.05) is 0 Å². The summed E-state index contributed by atoms with van der Waals surface area (Å²) >= 11 is 1.40. The third kappa shape index (κ3) is 1.37. The molecule has 0 unspecified atom stereocenters. The van der Waals surface area contributed by atoms with E-state index in [1.54, 1.807) is 24.2 Å². The summed E-state index contributed by atoms with van der Waals surface area (Å²) in [5.74, 6) is -0.916. The van der Waals surface area contributed by atoms with E-state index in [4.69, 9.17) is 5.11 Å². The lowest BCUT2D eigenvalue weighted by molar-refractivity contribution is -0.136. The molecule has 5 nitrogen and oxygen atoms in total. The van der Waals surface area contributed by atoms with Crippen LogP contribution in [-0.4, -0.2) is 20.4 Å². The van der Waals surface area contributed by atoms with Gasteiger partial charge in [0, 0.05) is 14.1 Å². The molecule has 0 bridgehead atoms. The number of carboxylic acid groups (broad SMARTS) is 1. The fraction of sp³-hybridized carbons (Fsp3) is 0.333. The Morgan fingerprint density at radius 3 is 2.73 bits per heavy atom. The van der Waals surface area contributed by atoms with Gasteiger partial charge in [-0.1, -0.05) is 0 Å². The van der Waals surface area contributed by atoms with Crippen LogP contribution in [0.15, 0.2) is 10.2 Å². The quantitative estimate of drug-likeness (QED) is 0.814. The van der Waals surface area contributed by atoms with Crippen molar-refractivity contribution < 1.29 is 9.90 Å². The Labute approximate surface area is 89.1 Å². The molecule has 2 aromatic rings. The minimum Gasteiger partial charge on any atom is -0.481 e. The average Bonchev–Trinajstić information content (AvgIpc) is 2.64. The number of rotatable bonds is 2. The van der Waals surface area contributed by atoms with Crippen LogP contribution in [0.25, 0.3) is 10.2 Å². The number of carboxylic acids is 1. The van der Waals surface area contributed by atoms with Crippen LogP contribution in [0, 0.1) is 0 Å². The zero-order chi connectivity index (χ0) is 11.2. The first-order chi connectivity index (χ1) is 7.02. The van der Waals surface area contributed by atoms with Gasteiger partial charge in [0.25, 0.3) is 5.56 Å². The minimum atomic E-state index is -0.916. The molecule has 0 aliphatic heterocycles. The second kappa shape index (κ2) is 3.23. The van der Waals surface area contributed by atoms with Gasteiger partial charge in [-0.3, -0.25) is 19.0 Å². The van der Waals surface area contributed by atoms with Crippen LogP contribution in [0.2, 0.25) is 0 Å². The monoisotopic (exact) mass is 226 g/mol. The van der Waals surface area contributed by atoms with Gasteiger partial charge < -0.3 is 5.11 Å². The zero-order valence-electron chi connectivity index (χ0n) is 8.35. The number of aromatic nitrogens is 2. The number of aliphatic carboxylic acids is 1. The first-order valence-electron chi connectivity index (χ1n) is 4.36. The van der Waals surface area contributed by atoms with Crippen molar-refractivity contribution in [1.82, 2.24) is 9.36 Å². The molecule has 15 heavy (non-hydrogen) atoms. The standard InChI is InChI=1S/C9H10N2O3S/c1-10-8(14)7-5(3-6(12)13)4-15-9(7)11(10)2/h4H,3H2,1-2H3,(H,12,13). The first-order valence-corrected chi connectivity index (χ1v) is 5.24. The van der Waals surface area contributed by atoms with Crippen molar-refractivity contribution >= 4 is 27.5 Å². The van der Waals surface area contributed by atoms with Crippen LogP contribution in [0.1, 0.15) is 5.56 Å². The Morgan fingerprint density at radius 2 is 2.13 bits per heavy atom. The van der Waals surface area contributed by atoms with Gasteiger partial charge in [0.2, 0.25) is 0 Å². The summed E-state index contributed by atoms with van der Waals surface area (Å²) < 4.78 is 3.21. The van der Waals surface area contributed by atoms with E-state index >= 15 is 0 Å². The highest BCUT2D eigenvalue weighted by Crippen LogP contribution is 2.23. The molecule has 0 fully saturated rings. The molecule has 2 heterocycles. The average molecular weight is 226 g/mol. The molecule has 0 radical (unpaired) electrons. The Balaban J connectivity index is 2.74. The van der Waals surface area contributed by atoms with Gasteiger partial charge in [0.15, 0.2) is 0 Å². The van der Waals surface area contributed by atoms with Gasteiger partial charge in [-0.2, -0.15) is 0 Å². The second-order valence-electron chi connectivity index (χ2n) is 3.36. The molecule has 2 rings (SSSR count). The van der Waals surface area contributed by atoms with Gasteiger partial charge >= 0.3 is 5.97 Å². The number of nitrogens with zero attached hydrogens (tertiary/aromatic N) is 2. The Kier molecular flexibility index (Phi) is 2.15. The number of aryl methyl sites for hydroxylation is 1. The van der Waals surface area contributed by atoms with Crippen LogP contribution in [0.3, 0.4) is 0 Å².